The lowest BCUT2D eigenvalue weighted by Crippen LogP contribution is -2.46. The first-order valence-corrected chi connectivity index (χ1v) is 8.65. The number of ether oxygens (including phenoxy) is 1. The highest BCUT2D eigenvalue weighted by Gasteiger charge is 2.28. The van der Waals surface area contributed by atoms with Gasteiger partial charge in [0.15, 0.2) is 0 Å². The van der Waals surface area contributed by atoms with E-state index in [1.807, 2.05) is 6.07 Å². The Kier molecular flexibility index (Phi) is 5.84. The molecule has 0 bridgehead atoms. The summed E-state index contributed by atoms with van der Waals surface area (Å²) in [6.07, 6.45) is 1.74. The molecule has 0 saturated carbocycles. The van der Waals surface area contributed by atoms with Gasteiger partial charge in [0.25, 0.3) is 0 Å². The number of nitrogens with one attached hydrogen (secondary N) is 1. The zero-order valence-electron chi connectivity index (χ0n) is 14.4. The highest BCUT2D eigenvalue weighted by Crippen LogP contribution is 2.19. The fraction of sp³-hybridized carbons (Fsp3) is 0.300. The largest absolute Gasteiger partial charge is 0.493 e. The summed E-state index contributed by atoms with van der Waals surface area (Å²) in [4.78, 5) is 26.1. The topological polar surface area (TPSA) is 58.6 Å². The number of piperidine rings is 1. The van der Waals surface area contributed by atoms with Gasteiger partial charge in [-0.05, 0) is 49.2 Å². The van der Waals surface area contributed by atoms with Gasteiger partial charge in [0.1, 0.15) is 11.6 Å². The molecule has 2 amide bonds. The molecule has 1 saturated heterocycles. The van der Waals surface area contributed by atoms with E-state index in [2.05, 4.69) is 5.32 Å². The van der Waals surface area contributed by atoms with Gasteiger partial charge in [0.05, 0.1) is 6.61 Å². The van der Waals surface area contributed by atoms with Crippen LogP contribution in [0.3, 0.4) is 0 Å². The third-order valence-electron chi connectivity index (χ3n) is 4.33. The van der Waals surface area contributed by atoms with Crippen molar-refractivity contribution in [3.63, 3.8) is 0 Å². The number of carbonyl (C=O) groups is 2. The smallest absolute Gasteiger partial charge is 0.313 e. The first-order valence-electron chi connectivity index (χ1n) is 8.65. The normalized spacial score (nSPS) is 16.8. The Morgan fingerprint density at radius 3 is 2.58 bits per heavy atom. The van der Waals surface area contributed by atoms with E-state index in [0.717, 1.165) is 12.8 Å². The molecular formula is C20H21FN2O3. The Morgan fingerprint density at radius 2 is 1.85 bits per heavy atom. The summed E-state index contributed by atoms with van der Waals surface area (Å²) in [5.74, 6) is -0.730. The summed E-state index contributed by atoms with van der Waals surface area (Å²) in [7, 11) is 0. The number of para-hydroxylation sites is 1. The standard InChI is InChI=1S/C20H21FN2O3/c21-16-8-10-18(11-9-16)26-14-15-5-4-12-23(13-15)20(25)19(24)22-17-6-2-1-3-7-17/h1-3,6-11,15H,4-5,12-14H2,(H,22,24). The van der Waals surface area contributed by atoms with Crippen LogP contribution in [-0.4, -0.2) is 36.4 Å². The lowest BCUT2D eigenvalue weighted by Gasteiger charge is -2.32. The van der Waals surface area contributed by atoms with Crippen LogP contribution in [0.1, 0.15) is 12.8 Å². The Labute approximate surface area is 151 Å². The first kappa shape index (κ1) is 17.9. The number of hydrogen-bond donors (Lipinski definition) is 1. The van der Waals surface area contributed by atoms with Gasteiger partial charge in [-0.25, -0.2) is 4.39 Å². The van der Waals surface area contributed by atoms with Crippen LogP contribution in [-0.2, 0) is 9.59 Å². The zero-order valence-corrected chi connectivity index (χ0v) is 14.4. The molecular weight excluding hydrogens is 335 g/mol. The molecule has 0 radical (unpaired) electrons. The molecule has 1 aliphatic rings. The van der Waals surface area contributed by atoms with Crippen molar-refractivity contribution < 1.29 is 18.7 Å². The molecule has 1 unspecified atom stereocenters. The number of benzene rings is 2. The fourth-order valence-electron chi connectivity index (χ4n) is 2.98. The van der Waals surface area contributed by atoms with E-state index in [1.54, 1.807) is 41.3 Å². The number of amides is 2. The van der Waals surface area contributed by atoms with Crippen molar-refractivity contribution in [3.05, 3.63) is 60.4 Å². The van der Waals surface area contributed by atoms with Crippen molar-refractivity contribution in [3.8, 4) is 5.75 Å². The van der Waals surface area contributed by atoms with Crippen LogP contribution in [0.4, 0.5) is 10.1 Å². The molecule has 0 aliphatic carbocycles. The second-order valence-corrected chi connectivity index (χ2v) is 6.34. The van der Waals surface area contributed by atoms with Gasteiger partial charge in [-0.1, -0.05) is 18.2 Å². The van der Waals surface area contributed by atoms with Crippen LogP contribution in [0.25, 0.3) is 0 Å². The Morgan fingerprint density at radius 1 is 1.12 bits per heavy atom. The van der Waals surface area contributed by atoms with Crippen molar-refractivity contribution in [2.45, 2.75) is 12.8 Å². The minimum atomic E-state index is -0.628. The minimum Gasteiger partial charge on any atom is -0.493 e. The molecule has 1 atom stereocenters. The molecule has 5 nitrogen and oxygen atoms in total. The van der Waals surface area contributed by atoms with E-state index in [-0.39, 0.29) is 11.7 Å². The second-order valence-electron chi connectivity index (χ2n) is 6.34. The van der Waals surface area contributed by atoms with Crippen LogP contribution >= 0.6 is 0 Å². The highest BCUT2D eigenvalue weighted by molar-refractivity contribution is 6.39. The first-order chi connectivity index (χ1) is 12.6. The van der Waals surface area contributed by atoms with Gasteiger partial charge in [0.2, 0.25) is 0 Å². The summed E-state index contributed by atoms with van der Waals surface area (Å²) in [5.41, 5.74) is 0.596. The van der Waals surface area contributed by atoms with Crippen LogP contribution in [0.15, 0.2) is 54.6 Å². The molecule has 2 aromatic carbocycles. The van der Waals surface area contributed by atoms with Crippen molar-refractivity contribution in [2.24, 2.45) is 5.92 Å². The number of rotatable bonds is 4. The van der Waals surface area contributed by atoms with Gasteiger partial charge in [-0.15, -0.1) is 0 Å². The molecule has 1 aliphatic heterocycles. The van der Waals surface area contributed by atoms with Gasteiger partial charge in [-0.3, -0.25) is 9.59 Å². The average Bonchev–Trinajstić information content (AvgIpc) is 2.68. The molecule has 6 heteroatoms. The van der Waals surface area contributed by atoms with Crippen molar-refractivity contribution in [1.82, 2.24) is 4.90 Å². The Balaban J connectivity index is 1.51. The van der Waals surface area contributed by atoms with Crippen LogP contribution in [0.5, 0.6) is 5.75 Å². The zero-order chi connectivity index (χ0) is 18.4. The van der Waals surface area contributed by atoms with Crippen LogP contribution in [0, 0.1) is 11.7 Å². The predicted molar refractivity (Wildman–Crippen MR) is 96.3 cm³/mol. The molecule has 2 aromatic rings. The molecule has 26 heavy (non-hydrogen) atoms. The number of anilines is 1. The van der Waals surface area contributed by atoms with Crippen LogP contribution in [0.2, 0.25) is 0 Å². The molecule has 136 valence electrons. The van der Waals surface area contributed by atoms with Crippen molar-refractivity contribution in [2.75, 3.05) is 25.0 Å². The summed E-state index contributed by atoms with van der Waals surface area (Å²) in [6.45, 7) is 1.46. The van der Waals surface area contributed by atoms with Crippen molar-refractivity contribution >= 4 is 17.5 Å². The van der Waals surface area contributed by atoms with Gasteiger partial charge >= 0.3 is 11.8 Å². The summed E-state index contributed by atoms with van der Waals surface area (Å²) in [6, 6.07) is 14.8. The number of hydrogen-bond acceptors (Lipinski definition) is 3. The number of carbonyl (C=O) groups excluding carboxylic acids is 2. The number of likely N-dealkylation sites (tertiary alicyclic amines) is 1. The average molecular weight is 356 g/mol. The molecule has 0 spiro atoms. The fourth-order valence-corrected chi connectivity index (χ4v) is 2.98. The minimum absolute atomic E-state index is 0.141. The van der Waals surface area contributed by atoms with E-state index in [4.69, 9.17) is 4.74 Å². The van der Waals surface area contributed by atoms with Gasteiger partial charge < -0.3 is 15.0 Å². The maximum Gasteiger partial charge on any atom is 0.313 e. The quantitative estimate of drug-likeness (QED) is 0.857. The maximum atomic E-state index is 12.9. The SMILES string of the molecule is O=C(Nc1ccccc1)C(=O)N1CCCC(COc2ccc(F)cc2)C1. The lowest BCUT2D eigenvalue weighted by molar-refractivity contribution is -0.144. The second kappa shape index (κ2) is 8.47. The van der Waals surface area contributed by atoms with E-state index in [0.29, 0.717) is 31.1 Å². The van der Waals surface area contributed by atoms with E-state index in [1.165, 1.54) is 12.1 Å². The third kappa shape index (κ3) is 4.81. The van der Waals surface area contributed by atoms with E-state index in [9.17, 15) is 14.0 Å². The van der Waals surface area contributed by atoms with Gasteiger partial charge in [0, 0.05) is 24.7 Å². The molecule has 1 fully saturated rings. The molecule has 1 N–H and O–H groups in total. The van der Waals surface area contributed by atoms with Crippen molar-refractivity contribution in [1.29, 1.82) is 0 Å². The summed E-state index contributed by atoms with van der Waals surface area (Å²) in [5, 5.41) is 2.62. The Bertz CT molecular complexity index is 749. The lowest BCUT2D eigenvalue weighted by atomic mass is 9.99. The van der Waals surface area contributed by atoms with E-state index >= 15 is 0 Å². The Hall–Kier alpha value is -2.89. The summed E-state index contributed by atoms with van der Waals surface area (Å²) < 4.78 is 18.6. The van der Waals surface area contributed by atoms with Crippen LogP contribution < -0.4 is 10.1 Å². The predicted octanol–water partition coefficient (Wildman–Crippen LogP) is 3.08. The van der Waals surface area contributed by atoms with E-state index < -0.39 is 11.8 Å². The molecule has 1 heterocycles. The summed E-state index contributed by atoms with van der Waals surface area (Å²) >= 11 is 0. The molecule has 0 aromatic heterocycles. The third-order valence-corrected chi connectivity index (χ3v) is 4.33. The molecule has 3 rings (SSSR count). The number of nitrogens with zero attached hydrogens (tertiary/aromatic N) is 1. The van der Waals surface area contributed by atoms with Gasteiger partial charge in [-0.2, -0.15) is 0 Å². The highest BCUT2D eigenvalue weighted by atomic mass is 19.1. The maximum absolute atomic E-state index is 12.9. The number of halogens is 1. The monoisotopic (exact) mass is 356 g/mol.